The Morgan fingerprint density at radius 2 is 1.88 bits per heavy atom. The van der Waals surface area contributed by atoms with Crippen LogP contribution in [0.3, 0.4) is 0 Å². The minimum atomic E-state index is -0.620. The second-order valence-electron chi connectivity index (χ2n) is 8.66. The molecule has 0 fully saturated rings. The molecule has 1 heterocycles. The van der Waals surface area contributed by atoms with Crippen molar-refractivity contribution in [2.45, 2.75) is 27.2 Å². The van der Waals surface area contributed by atoms with Crippen LogP contribution in [0.2, 0.25) is 0 Å². The van der Waals surface area contributed by atoms with E-state index in [1.165, 1.54) is 0 Å². The lowest BCUT2D eigenvalue weighted by atomic mass is 9.93. The first-order valence-corrected chi connectivity index (χ1v) is 10.9. The molecule has 0 bridgehead atoms. The number of amides is 2. The Labute approximate surface area is 188 Å². The third-order valence-electron chi connectivity index (χ3n) is 5.48. The number of anilines is 2. The lowest BCUT2D eigenvalue weighted by Gasteiger charge is -2.27. The Bertz CT molecular complexity index is 1160. The number of carbonyl (C=O) groups excluding carboxylic acids is 2. The van der Waals surface area contributed by atoms with Crippen molar-refractivity contribution >= 4 is 34.0 Å². The van der Waals surface area contributed by atoms with E-state index in [2.05, 4.69) is 5.32 Å². The second kappa shape index (κ2) is 8.91. The van der Waals surface area contributed by atoms with Gasteiger partial charge in [-0.2, -0.15) is 0 Å². The number of ether oxygens (including phenoxy) is 2. The normalized spacial score (nSPS) is 15.0. The molecule has 2 amide bonds. The van der Waals surface area contributed by atoms with Gasteiger partial charge in [0.2, 0.25) is 5.91 Å². The van der Waals surface area contributed by atoms with Crippen LogP contribution in [0.4, 0.5) is 11.4 Å². The van der Waals surface area contributed by atoms with Crippen LogP contribution in [-0.4, -0.2) is 31.6 Å². The fourth-order valence-corrected chi connectivity index (χ4v) is 3.77. The molecule has 0 atom stereocenters. The van der Waals surface area contributed by atoms with Gasteiger partial charge in [-0.1, -0.05) is 37.3 Å². The number of hydrogen-bond donors (Lipinski definition) is 1. The first-order chi connectivity index (χ1) is 15.4. The highest BCUT2D eigenvalue weighted by molar-refractivity contribution is 6.00. The minimum Gasteiger partial charge on any atom is -0.490 e. The molecule has 6 nitrogen and oxygen atoms in total. The van der Waals surface area contributed by atoms with Crippen LogP contribution in [0.5, 0.6) is 11.5 Å². The van der Waals surface area contributed by atoms with E-state index >= 15 is 0 Å². The lowest BCUT2D eigenvalue weighted by molar-refractivity contribution is -0.127. The molecule has 3 aromatic carbocycles. The standard InChI is InChI=1S/C26H28N2O4/c1-4-13-28-22-15-20(10-12-23(22)32-17-26(2,3)25(28)30)27-24(29)16-31-21-11-9-18-7-5-6-8-19(18)14-21/h5-12,14-15H,4,13,16-17H2,1-3H3,(H,27,29). The number of rotatable bonds is 6. The highest BCUT2D eigenvalue weighted by Gasteiger charge is 2.37. The summed E-state index contributed by atoms with van der Waals surface area (Å²) < 4.78 is 11.6. The van der Waals surface area contributed by atoms with E-state index in [9.17, 15) is 9.59 Å². The number of benzene rings is 3. The zero-order valence-electron chi connectivity index (χ0n) is 18.7. The first-order valence-electron chi connectivity index (χ1n) is 10.9. The fraction of sp³-hybridized carbons (Fsp3) is 0.308. The van der Waals surface area contributed by atoms with E-state index in [4.69, 9.17) is 9.47 Å². The molecule has 0 unspecified atom stereocenters. The number of carbonyl (C=O) groups is 2. The minimum absolute atomic E-state index is 0.0150. The molecular formula is C26H28N2O4. The van der Waals surface area contributed by atoms with Gasteiger partial charge in [-0.3, -0.25) is 9.59 Å². The van der Waals surface area contributed by atoms with Gasteiger partial charge in [0.15, 0.2) is 6.61 Å². The summed E-state index contributed by atoms with van der Waals surface area (Å²) in [6.07, 6.45) is 0.817. The van der Waals surface area contributed by atoms with Gasteiger partial charge in [-0.25, -0.2) is 0 Å². The Kier molecular flexibility index (Phi) is 6.04. The Morgan fingerprint density at radius 1 is 1.09 bits per heavy atom. The van der Waals surface area contributed by atoms with Gasteiger partial charge in [-0.15, -0.1) is 0 Å². The van der Waals surface area contributed by atoms with E-state index in [1.807, 2.05) is 63.2 Å². The maximum absolute atomic E-state index is 13.0. The smallest absolute Gasteiger partial charge is 0.262 e. The number of fused-ring (bicyclic) bond motifs is 2. The Balaban J connectivity index is 1.47. The summed E-state index contributed by atoms with van der Waals surface area (Å²) in [5.41, 5.74) is 0.648. The molecule has 0 aromatic heterocycles. The molecule has 6 heteroatoms. The van der Waals surface area contributed by atoms with Crippen molar-refractivity contribution < 1.29 is 19.1 Å². The molecule has 32 heavy (non-hydrogen) atoms. The fourth-order valence-electron chi connectivity index (χ4n) is 3.77. The number of nitrogens with zero attached hydrogens (tertiary/aromatic N) is 1. The van der Waals surface area contributed by atoms with Crippen LogP contribution in [0, 0.1) is 5.41 Å². The molecule has 1 aliphatic heterocycles. The average molecular weight is 433 g/mol. The predicted molar refractivity (Wildman–Crippen MR) is 126 cm³/mol. The summed E-state index contributed by atoms with van der Waals surface area (Å²) in [4.78, 5) is 27.3. The molecular weight excluding hydrogens is 404 g/mol. The molecule has 4 rings (SSSR count). The van der Waals surface area contributed by atoms with Crippen LogP contribution in [0.15, 0.2) is 60.7 Å². The summed E-state index contributed by atoms with van der Waals surface area (Å²) in [6, 6.07) is 19.1. The Hall–Kier alpha value is -3.54. The number of hydrogen-bond acceptors (Lipinski definition) is 4. The van der Waals surface area contributed by atoms with Gasteiger partial charge in [0.05, 0.1) is 11.1 Å². The van der Waals surface area contributed by atoms with Crippen molar-refractivity contribution in [3.63, 3.8) is 0 Å². The molecule has 0 spiro atoms. The molecule has 0 saturated heterocycles. The maximum Gasteiger partial charge on any atom is 0.262 e. The SMILES string of the molecule is CCCN1C(=O)C(C)(C)COc2ccc(NC(=O)COc3ccc4ccccc4c3)cc21. The van der Waals surface area contributed by atoms with E-state index in [0.29, 0.717) is 36.0 Å². The van der Waals surface area contributed by atoms with Crippen molar-refractivity contribution in [2.75, 3.05) is 30.0 Å². The highest BCUT2D eigenvalue weighted by Crippen LogP contribution is 2.38. The van der Waals surface area contributed by atoms with Gasteiger partial charge in [0.1, 0.15) is 18.1 Å². The summed E-state index contributed by atoms with van der Waals surface area (Å²) >= 11 is 0. The van der Waals surface area contributed by atoms with Gasteiger partial charge in [0.25, 0.3) is 5.91 Å². The van der Waals surface area contributed by atoms with Crippen molar-refractivity contribution in [1.29, 1.82) is 0 Å². The van der Waals surface area contributed by atoms with Crippen LogP contribution >= 0.6 is 0 Å². The van der Waals surface area contributed by atoms with Crippen molar-refractivity contribution in [1.82, 2.24) is 0 Å². The molecule has 3 aromatic rings. The molecule has 166 valence electrons. The van der Waals surface area contributed by atoms with Crippen molar-refractivity contribution in [3.8, 4) is 11.5 Å². The van der Waals surface area contributed by atoms with Gasteiger partial charge in [-0.05, 0) is 61.4 Å². The monoisotopic (exact) mass is 432 g/mol. The quantitative estimate of drug-likeness (QED) is 0.594. The molecule has 0 saturated carbocycles. The van der Waals surface area contributed by atoms with E-state index in [1.54, 1.807) is 23.1 Å². The van der Waals surface area contributed by atoms with Gasteiger partial charge >= 0.3 is 0 Å². The van der Waals surface area contributed by atoms with Gasteiger partial charge < -0.3 is 19.7 Å². The summed E-state index contributed by atoms with van der Waals surface area (Å²) in [7, 11) is 0. The third kappa shape index (κ3) is 4.54. The molecule has 1 aliphatic rings. The highest BCUT2D eigenvalue weighted by atomic mass is 16.5. The van der Waals surface area contributed by atoms with E-state index in [0.717, 1.165) is 17.2 Å². The van der Waals surface area contributed by atoms with Crippen LogP contribution in [-0.2, 0) is 9.59 Å². The third-order valence-corrected chi connectivity index (χ3v) is 5.48. The average Bonchev–Trinajstić information content (AvgIpc) is 2.88. The zero-order valence-corrected chi connectivity index (χ0v) is 18.7. The summed E-state index contributed by atoms with van der Waals surface area (Å²) in [6.45, 7) is 6.58. The van der Waals surface area contributed by atoms with Gasteiger partial charge in [0, 0.05) is 12.2 Å². The topological polar surface area (TPSA) is 67.9 Å². The van der Waals surface area contributed by atoms with E-state index in [-0.39, 0.29) is 18.4 Å². The largest absolute Gasteiger partial charge is 0.490 e. The summed E-state index contributed by atoms with van der Waals surface area (Å²) in [5.74, 6) is 1.02. The van der Waals surface area contributed by atoms with Crippen LogP contribution in [0.25, 0.3) is 10.8 Å². The van der Waals surface area contributed by atoms with Crippen molar-refractivity contribution in [2.24, 2.45) is 5.41 Å². The van der Waals surface area contributed by atoms with Crippen molar-refractivity contribution in [3.05, 3.63) is 60.7 Å². The molecule has 0 aliphatic carbocycles. The molecule has 1 N–H and O–H groups in total. The van der Waals surface area contributed by atoms with Crippen LogP contribution in [0.1, 0.15) is 27.2 Å². The Morgan fingerprint density at radius 3 is 2.66 bits per heavy atom. The van der Waals surface area contributed by atoms with Crippen LogP contribution < -0.4 is 19.7 Å². The maximum atomic E-state index is 13.0. The second-order valence-corrected chi connectivity index (χ2v) is 8.66. The molecule has 0 radical (unpaired) electrons. The predicted octanol–water partition coefficient (Wildman–Crippen LogP) is 5.02. The summed E-state index contributed by atoms with van der Waals surface area (Å²) in [5, 5.41) is 5.03. The number of nitrogens with one attached hydrogen (secondary N) is 1. The van der Waals surface area contributed by atoms with E-state index < -0.39 is 5.41 Å². The zero-order chi connectivity index (χ0) is 22.7. The first kappa shape index (κ1) is 21.7. The lowest BCUT2D eigenvalue weighted by Crippen LogP contribution is -2.42.